The molecule has 1 aromatic heterocycles. The molecule has 0 radical (unpaired) electrons. The van der Waals surface area contributed by atoms with Gasteiger partial charge in [-0.1, -0.05) is 86.7 Å². The molecule has 0 fully saturated rings. The molecular formula is C22H20O. The van der Waals surface area contributed by atoms with Crippen molar-refractivity contribution in [3.8, 4) is 22.6 Å². The van der Waals surface area contributed by atoms with Crippen molar-refractivity contribution in [1.82, 2.24) is 0 Å². The number of fused-ring (bicyclic) bond motifs is 1. The fraction of sp³-hybridized carbons (Fsp3) is 0.182. The predicted octanol–water partition coefficient (Wildman–Crippen LogP) is 6.39. The molecular weight excluding hydrogens is 280 g/mol. The lowest BCUT2D eigenvalue weighted by Crippen LogP contribution is -2.04. The highest BCUT2D eigenvalue weighted by Crippen LogP contribution is 2.47. The maximum Gasteiger partial charge on any atom is 0.138 e. The van der Waals surface area contributed by atoms with E-state index in [-0.39, 0.29) is 0 Å². The number of hydrogen-bond donors (Lipinski definition) is 0. The molecule has 1 aliphatic rings. The van der Waals surface area contributed by atoms with Crippen LogP contribution in [0.25, 0.3) is 22.6 Å². The molecule has 4 rings (SSSR count). The molecule has 1 heteroatoms. The SMILES string of the molecule is C[C@@H]1C=C[C@H](C)c2c(-c3ccccc3)oc(-c3ccccc3)c21. The third-order valence-corrected chi connectivity index (χ3v) is 4.65. The normalized spacial score (nSPS) is 19.6. The minimum atomic E-state index is 0.373. The van der Waals surface area contributed by atoms with Crippen LogP contribution in [0.2, 0.25) is 0 Å². The Morgan fingerprint density at radius 3 is 1.39 bits per heavy atom. The van der Waals surface area contributed by atoms with E-state index >= 15 is 0 Å². The minimum absolute atomic E-state index is 0.373. The number of benzene rings is 2. The maximum absolute atomic E-state index is 6.44. The molecule has 0 unspecified atom stereocenters. The Morgan fingerprint density at radius 1 is 0.609 bits per heavy atom. The lowest BCUT2D eigenvalue weighted by molar-refractivity contribution is 0.591. The largest absolute Gasteiger partial charge is 0.455 e. The standard InChI is InChI=1S/C22H20O/c1-15-13-14-16(2)20-19(15)21(17-9-5-3-6-10-17)23-22(20)18-11-7-4-8-12-18/h3-16H,1-2H3/t15-,16+. The van der Waals surface area contributed by atoms with E-state index in [0.717, 1.165) is 22.6 Å². The van der Waals surface area contributed by atoms with Crippen LogP contribution in [0.5, 0.6) is 0 Å². The van der Waals surface area contributed by atoms with Crippen molar-refractivity contribution in [3.05, 3.63) is 83.9 Å². The molecule has 2 aromatic carbocycles. The molecule has 114 valence electrons. The second-order valence-corrected chi connectivity index (χ2v) is 6.28. The molecule has 3 aromatic rings. The van der Waals surface area contributed by atoms with Crippen molar-refractivity contribution in [3.63, 3.8) is 0 Å². The summed E-state index contributed by atoms with van der Waals surface area (Å²) in [6, 6.07) is 20.9. The van der Waals surface area contributed by atoms with Gasteiger partial charge in [-0.05, 0) is 0 Å². The van der Waals surface area contributed by atoms with Crippen LogP contribution in [-0.2, 0) is 0 Å². The van der Waals surface area contributed by atoms with Crippen LogP contribution in [0.4, 0.5) is 0 Å². The summed E-state index contributed by atoms with van der Waals surface area (Å²) in [5.41, 5.74) is 4.98. The van der Waals surface area contributed by atoms with Crippen molar-refractivity contribution in [1.29, 1.82) is 0 Å². The van der Waals surface area contributed by atoms with Crippen molar-refractivity contribution in [2.75, 3.05) is 0 Å². The summed E-state index contributed by atoms with van der Waals surface area (Å²) in [6.07, 6.45) is 4.59. The summed E-state index contributed by atoms with van der Waals surface area (Å²) in [4.78, 5) is 0. The molecule has 2 atom stereocenters. The molecule has 0 bridgehead atoms. The van der Waals surface area contributed by atoms with Gasteiger partial charge in [0.2, 0.25) is 0 Å². The van der Waals surface area contributed by atoms with Crippen LogP contribution in [0.3, 0.4) is 0 Å². The molecule has 0 spiro atoms. The summed E-state index contributed by atoms with van der Waals surface area (Å²) in [7, 11) is 0. The van der Waals surface area contributed by atoms with E-state index in [9.17, 15) is 0 Å². The molecule has 23 heavy (non-hydrogen) atoms. The summed E-state index contributed by atoms with van der Waals surface area (Å²) < 4.78 is 6.44. The maximum atomic E-state index is 6.44. The molecule has 0 N–H and O–H groups in total. The molecule has 0 saturated carbocycles. The van der Waals surface area contributed by atoms with Gasteiger partial charge in [0.1, 0.15) is 11.5 Å². The van der Waals surface area contributed by atoms with Crippen molar-refractivity contribution in [2.24, 2.45) is 0 Å². The Kier molecular flexibility index (Phi) is 3.42. The quantitative estimate of drug-likeness (QED) is 0.500. The lowest BCUT2D eigenvalue weighted by Gasteiger charge is -2.19. The van der Waals surface area contributed by atoms with Gasteiger partial charge in [-0.15, -0.1) is 0 Å². The Morgan fingerprint density at radius 2 is 1.00 bits per heavy atom. The summed E-state index contributed by atoms with van der Waals surface area (Å²) in [5.74, 6) is 2.78. The highest BCUT2D eigenvalue weighted by molar-refractivity contribution is 5.75. The van der Waals surface area contributed by atoms with Gasteiger partial charge < -0.3 is 4.42 Å². The first kappa shape index (κ1) is 14.1. The van der Waals surface area contributed by atoms with E-state index in [0.29, 0.717) is 11.8 Å². The average Bonchev–Trinajstić information content (AvgIpc) is 3.02. The summed E-state index contributed by atoms with van der Waals surface area (Å²) in [6.45, 7) is 4.50. The zero-order valence-corrected chi connectivity index (χ0v) is 13.5. The van der Waals surface area contributed by atoms with Gasteiger partial charge in [0.05, 0.1) is 0 Å². The third-order valence-electron chi connectivity index (χ3n) is 4.65. The van der Waals surface area contributed by atoms with Gasteiger partial charge in [-0.2, -0.15) is 0 Å². The van der Waals surface area contributed by atoms with Gasteiger partial charge >= 0.3 is 0 Å². The van der Waals surface area contributed by atoms with Crippen LogP contribution in [0.1, 0.15) is 36.8 Å². The predicted molar refractivity (Wildman–Crippen MR) is 95.6 cm³/mol. The molecule has 1 aliphatic carbocycles. The van der Waals surface area contributed by atoms with Crippen LogP contribution < -0.4 is 0 Å². The number of hydrogen-bond acceptors (Lipinski definition) is 1. The second-order valence-electron chi connectivity index (χ2n) is 6.28. The van der Waals surface area contributed by atoms with Gasteiger partial charge in [-0.25, -0.2) is 0 Å². The van der Waals surface area contributed by atoms with Crippen molar-refractivity contribution < 1.29 is 4.42 Å². The fourth-order valence-corrected chi connectivity index (χ4v) is 3.49. The molecule has 1 nitrogen and oxygen atoms in total. The van der Waals surface area contributed by atoms with E-state index in [1.807, 2.05) is 12.1 Å². The zero-order chi connectivity index (χ0) is 15.8. The highest BCUT2D eigenvalue weighted by Gasteiger charge is 2.29. The Bertz CT molecular complexity index is 770. The Labute approximate surface area is 137 Å². The lowest BCUT2D eigenvalue weighted by atomic mass is 9.82. The van der Waals surface area contributed by atoms with E-state index in [2.05, 4.69) is 74.5 Å². The Hall–Kier alpha value is -2.54. The van der Waals surface area contributed by atoms with Crippen LogP contribution >= 0.6 is 0 Å². The molecule has 0 aliphatic heterocycles. The number of furan rings is 1. The van der Waals surface area contributed by atoms with E-state index in [1.54, 1.807) is 0 Å². The molecule has 0 amide bonds. The topological polar surface area (TPSA) is 13.1 Å². The van der Waals surface area contributed by atoms with E-state index < -0.39 is 0 Å². The molecule has 0 saturated heterocycles. The zero-order valence-electron chi connectivity index (χ0n) is 13.5. The van der Waals surface area contributed by atoms with Gasteiger partial charge in [0, 0.05) is 34.1 Å². The van der Waals surface area contributed by atoms with Gasteiger partial charge in [0.25, 0.3) is 0 Å². The number of allylic oxidation sites excluding steroid dienone is 2. The van der Waals surface area contributed by atoms with Crippen LogP contribution in [0, 0.1) is 0 Å². The Balaban J connectivity index is 2.00. The third kappa shape index (κ3) is 2.33. The summed E-state index contributed by atoms with van der Waals surface area (Å²) in [5, 5.41) is 0. The molecule has 1 heterocycles. The number of rotatable bonds is 2. The summed E-state index contributed by atoms with van der Waals surface area (Å²) >= 11 is 0. The first-order chi connectivity index (χ1) is 11.3. The van der Waals surface area contributed by atoms with Gasteiger partial charge in [0.15, 0.2) is 0 Å². The minimum Gasteiger partial charge on any atom is -0.455 e. The highest BCUT2D eigenvalue weighted by atomic mass is 16.3. The average molecular weight is 300 g/mol. The smallest absolute Gasteiger partial charge is 0.138 e. The van der Waals surface area contributed by atoms with E-state index in [4.69, 9.17) is 4.42 Å². The van der Waals surface area contributed by atoms with Crippen molar-refractivity contribution in [2.45, 2.75) is 25.7 Å². The monoisotopic (exact) mass is 300 g/mol. The first-order valence-corrected chi connectivity index (χ1v) is 8.21. The van der Waals surface area contributed by atoms with Crippen molar-refractivity contribution >= 4 is 0 Å². The first-order valence-electron chi connectivity index (χ1n) is 8.21. The fourth-order valence-electron chi connectivity index (χ4n) is 3.49. The van der Waals surface area contributed by atoms with E-state index in [1.165, 1.54) is 11.1 Å². The second kappa shape index (κ2) is 5.58. The van der Waals surface area contributed by atoms with Gasteiger partial charge in [-0.3, -0.25) is 0 Å². The van der Waals surface area contributed by atoms with Crippen LogP contribution in [0.15, 0.2) is 77.2 Å². The van der Waals surface area contributed by atoms with Crippen LogP contribution in [-0.4, -0.2) is 0 Å².